The van der Waals surface area contributed by atoms with Crippen molar-refractivity contribution in [3.8, 4) is 0 Å². The molecule has 2 atom stereocenters. The third-order valence-electron chi connectivity index (χ3n) is 3.23. The number of nitrogens with zero attached hydrogens (tertiary/aromatic N) is 3. The first-order chi connectivity index (χ1) is 7.74. The molecule has 1 aliphatic heterocycles. The largest absolute Gasteiger partial charge is 0.341 e. The lowest BCUT2D eigenvalue weighted by Gasteiger charge is -2.39. The number of hydrogen-bond donors (Lipinski definition) is 1. The minimum Gasteiger partial charge on any atom is -0.341 e. The zero-order valence-electron chi connectivity index (χ0n) is 10.2. The van der Waals surface area contributed by atoms with E-state index in [-0.39, 0.29) is 0 Å². The van der Waals surface area contributed by atoms with E-state index < -0.39 is 0 Å². The Labute approximate surface area is 101 Å². The van der Waals surface area contributed by atoms with Crippen LogP contribution in [-0.2, 0) is 0 Å². The number of rotatable bonds is 3. The maximum absolute atomic E-state index is 4.27. The van der Waals surface area contributed by atoms with E-state index in [0.29, 0.717) is 12.1 Å². The topological polar surface area (TPSA) is 41.1 Å². The number of anilines is 1. The molecule has 2 heterocycles. The summed E-state index contributed by atoms with van der Waals surface area (Å²) in [6, 6.07) is 1.15. The molecule has 1 aliphatic rings. The fraction of sp³-hybridized carbons (Fsp3) is 0.818. The molecule has 1 N–H and O–H groups in total. The van der Waals surface area contributed by atoms with Crippen LogP contribution in [0.4, 0.5) is 5.13 Å². The number of aromatic nitrogens is 2. The lowest BCUT2D eigenvalue weighted by atomic mass is 10.1. The quantitative estimate of drug-likeness (QED) is 0.875. The molecule has 16 heavy (non-hydrogen) atoms. The highest BCUT2D eigenvalue weighted by molar-refractivity contribution is 7.15. The molecular weight excluding hydrogens is 220 g/mol. The van der Waals surface area contributed by atoms with Gasteiger partial charge in [-0.15, -0.1) is 10.2 Å². The predicted molar refractivity (Wildman–Crippen MR) is 68.2 cm³/mol. The predicted octanol–water partition coefficient (Wildman–Crippen LogP) is 1.81. The first-order valence-corrected chi connectivity index (χ1v) is 6.86. The highest BCUT2D eigenvalue weighted by atomic mass is 32.1. The molecule has 1 fully saturated rings. The summed E-state index contributed by atoms with van der Waals surface area (Å²) in [5.74, 6) is 0. The maximum atomic E-state index is 4.27. The third-order valence-corrected chi connectivity index (χ3v) is 4.10. The van der Waals surface area contributed by atoms with Crippen molar-refractivity contribution in [1.82, 2.24) is 15.5 Å². The van der Waals surface area contributed by atoms with Crippen LogP contribution < -0.4 is 10.2 Å². The van der Waals surface area contributed by atoms with Gasteiger partial charge in [0, 0.05) is 25.2 Å². The van der Waals surface area contributed by atoms with E-state index in [1.165, 1.54) is 6.42 Å². The maximum Gasteiger partial charge on any atom is 0.208 e. The lowest BCUT2D eigenvalue weighted by molar-refractivity contribution is 0.378. The Morgan fingerprint density at radius 3 is 2.75 bits per heavy atom. The Balaban J connectivity index is 2.14. The minimum absolute atomic E-state index is 0.565. The molecular formula is C11H20N4S. The van der Waals surface area contributed by atoms with Crippen molar-refractivity contribution in [3.63, 3.8) is 0 Å². The van der Waals surface area contributed by atoms with Gasteiger partial charge in [-0.3, -0.25) is 0 Å². The van der Waals surface area contributed by atoms with Gasteiger partial charge in [0.1, 0.15) is 5.01 Å². The van der Waals surface area contributed by atoms with Gasteiger partial charge in [0.05, 0.1) is 0 Å². The van der Waals surface area contributed by atoms with Gasteiger partial charge in [-0.2, -0.15) is 0 Å². The Morgan fingerprint density at radius 1 is 1.38 bits per heavy atom. The van der Waals surface area contributed by atoms with E-state index in [1.807, 2.05) is 6.92 Å². The van der Waals surface area contributed by atoms with Crippen molar-refractivity contribution < 1.29 is 0 Å². The van der Waals surface area contributed by atoms with Crippen LogP contribution in [0.15, 0.2) is 0 Å². The van der Waals surface area contributed by atoms with E-state index in [0.717, 1.165) is 29.6 Å². The average molecular weight is 240 g/mol. The summed E-state index contributed by atoms with van der Waals surface area (Å²) in [7, 11) is 0. The van der Waals surface area contributed by atoms with Crippen LogP contribution in [0, 0.1) is 6.92 Å². The normalized spacial score (nSPS) is 26.1. The zero-order valence-corrected chi connectivity index (χ0v) is 11.0. The summed E-state index contributed by atoms with van der Waals surface area (Å²) >= 11 is 1.70. The summed E-state index contributed by atoms with van der Waals surface area (Å²) in [5.41, 5.74) is 0. The van der Waals surface area contributed by atoms with E-state index >= 15 is 0 Å². The highest BCUT2D eigenvalue weighted by Crippen LogP contribution is 2.25. The van der Waals surface area contributed by atoms with Gasteiger partial charge in [0.25, 0.3) is 0 Å². The van der Waals surface area contributed by atoms with Crippen LogP contribution in [-0.4, -0.2) is 35.4 Å². The summed E-state index contributed by atoms with van der Waals surface area (Å²) in [4.78, 5) is 2.43. The second-order valence-electron chi connectivity index (χ2n) is 4.33. The van der Waals surface area contributed by atoms with Crippen molar-refractivity contribution >= 4 is 16.5 Å². The Hall–Kier alpha value is -0.680. The van der Waals surface area contributed by atoms with Crippen molar-refractivity contribution in [2.75, 3.05) is 18.0 Å². The smallest absolute Gasteiger partial charge is 0.208 e. The molecule has 1 aromatic rings. The van der Waals surface area contributed by atoms with Crippen LogP contribution in [0.1, 0.15) is 31.7 Å². The fourth-order valence-corrected chi connectivity index (χ4v) is 2.91. The molecule has 2 unspecified atom stereocenters. The zero-order chi connectivity index (χ0) is 11.5. The van der Waals surface area contributed by atoms with Gasteiger partial charge in [-0.1, -0.05) is 25.2 Å². The third kappa shape index (κ3) is 2.35. The summed E-state index contributed by atoms with van der Waals surface area (Å²) in [5, 5.41) is 14.1. The molecule has 0 aromatic carbocycles. The van der Waals surface area contributed by atoms with Crippen LogP contribution in [0.5, 0.6) is 0 Å². The minimum atomic E-state index is 0.565. The molecule has 1 saturated heterocycles. The van der Waals surface area contributed by atoms with Gasteiger partial charge in [0.2, 0.25) is 5.13 Å². The molecule has 0 amide bonds. The van der Waals surface area contributed by atoms with Crippen LogP contribution in [0.25, 0.3) is 0 Å². The SMILES string of the molecule is CCC1CN(c2nnc(C)s2)C(CC)CN1. The molecule has 0 saturated carbocycles. The second kappa shape index (κ2) is 5.10. The summed E-state index contributed by atoms with van der Waals surface area (Å²) in [6.07, 6.45) is 2.33. The molecule has 90 valence electrons. The van der Waals surface area contributed by atoms with E-state index in [2.05, 4.69) is 34.3 Å². The molecule has 5 heteroatoms. The van der Waals surface area contributed by atoms with E-state index in [1.54, 1.807) is 11.3 Å². The number of aryl methyl sites for hydroxylation is 1. The molecule has 4 nitrogen and oxygen atoms in total. The van der Waals surface area contributed by atoms with Gasteiger partial charge in [0.15, 0.2) is 0 Å². The average Bonchev–Trinajstić information content (AvgIpc) is 2.75. The standard InChI is InChI=1S/C11H20N4S/c1-4-9-7-15(10(5-2)6-12-9)11-14-13-8(3)16-11/h9-10,12H,4-7H2,1-3H3. The molecule has 0 spiro atoms. The van der Waals surface area contributed by atoms with Gasteiger partial charge in [-0.25, -0.2) is 0 Å². The summed E-state index contributed by atoms with van der Waals surface area (Å²) in [6.45, 7) is 8.60. The Bertz CT molecular complexity index is 338. The first-order valence-electron chi connectivity index (χ1n) is 6.04. The first kappa shape index (κ1) is 11.8. The molecule has 0 radical (unpaired) electrons. The molecule has 1 aromatic heterocycles. The van der Waals surface area contributed by atoms with Gasteiger partial charge >= 0.3 is 0 Å². The Kier molecular flexibility index (Phi) is 3.76. The molecule has 0 aliphatic carbocycles. The van der Waals surface area contributed by atoms with Gasteiger partial charge in [-0.05, 0) is 19.8 Å². The van der Waals surface area contributed by atoms with E-state index in [4.69, 9.17) is 0 Å². The van der Waals surface area contributed by atoms with E-state index in [9.17, 15) is 0 Å². The van der Waals surface area contributed by atoms with Crippen LogP contribution in [0.2, 0.25) is 0 Å². The molecule has 2 rings (SSSR count). The number of hydrogen-bond acceptors (Lipinski definition) is 5. The van der Waals surface area contributed by atoms with Crippen molar-refractivity contribution in [2.24, 2.45) is 0 Å². The monoisotopic (exact) mass is 240 g/mol. The number of piperazine rings is 1. The fourth-order valence-electron chi connectivity index (χ4n) is 2.14. The lowest BCUT2D eigenvalue weighted by Crippen LogP contribution is -2.56. The Morgan fingerprint density at radius 2 is 2.19 bits per heavy atom. The highest BCUT2D eigenvalue weighted by Gasteiger charge is 2.27. The van der Waals surface area contributed by atoms with Gasteiger partial charge < -0.3 is 10.2 Å². The molecule has 0 bridgehead atoms. The number of nitrogens with one attached hydrogen (secondary N) is 1. The van der Waals surface area contributed by atoms with Crippen LogP contribution >= 0.6 is 11.3 Å². The summed E-state index contributed by atoms with van der Waals surface area (Å²) < 4.78 is 0. The van der Waals surface area contributed by atoms with Crippen molar-refractivity contribution in [3.05, 3.63) is 5.01 Å². The van der Waals surface area contributed by atoms with Crippen molar-refractivity contribution in [2.45, 2.75) is 45.7 Å². The van der Waals surface area contributed by atoms with Crippen molar-refractivity contribution in [1.29, 1.82) is 0 Å². The van der Waals surface area contributed by atoms with Crippen LogP contribution in [0.3, 0.4) is 0 Å². The second-order valence-corrected chi connectivity index (χ2v) is 5.49.